The molecule has 4 heteroatoms. The van der Waals surface area contributed by atoms with Crippen LogP contribution in [0.25, 0.3) is 0 Å². The maximum Gasteiger partial charge on any atom is 0.129 e. The maximum absolute atomic E-state index is 9.00. The van der Waals surface area contributed by atoms with Gasteiger partial charge in [0.1, 0.15) is 5.15 Å². The lowest BCUT2D eigenvalue weighted by Gasteiger charge is -2.12. The molecule has 2 N–H and O–H groups in total. The highest BCUT2D eigenvalue weighted by Crippen LogP contribution is 2.17. The first kappa shape index (κ1) is 11.6. The number of halogens is 1. The third kappa shape index (κ3) is 3.04. The normalized spacial score (nSPS) is 23.9. The molecule has 0 aliphatic heterocycles. The van der Waals surface area contributed by atoms with Crippen LogP contribution in [0.3, 0.4) is 0 Å². The lowest BCUT2D eigenvalue weighted by molar-refractivity contribution is 0.246. The molecular weight excluding hydrogens is 224 g/mol. The van der Waals surface area contributed by atoms with Crippen molar-refractivity contribution in [3.8, 4) is 0 Å². The molecule has 0 radical (unpaired) electrons. The summed E-state index contributed by atoms with van der Waals surface area (Å²) in [6, 6.07) is 4.11. The number of nitrogens with zero attached hydrogens (tertiary/aromatic N) is 1. The minimum absolute atomic E-state index is 0.233. The van der Waals surface area contributed by atoms with Crippen molar-refractivity contribution in [3.05, 3.63) is 41.2 Å². The van der Waals surface area contributed by atoms with Gasteiger partial charge in [0.2, 0.25) is 0 Å². The number of hydrogen-bond acceptors (Lipinski definition) is 3. The van der Waals surface area contributed by atoms with Gasteiger partial charge in [0.25, 0.3) is 0 Å². The summed E-state index contributed by atoms with van der Waals surface area (Å²) in [6.45, 7) is 1.01. The molecule has 0 amide bonds. The molecule has 0 spiro atoms. The topological polar surface area (TPSA) is 45.1 Å². The van der Waals surface area contributed by atoms with Gasteiger partial charge in [0, 0.05) is 31.3 Å². The molecule has 1 aliphatic rings. The first-order chi connectivity index (χ1) is 7.78. The first-order valence-corrected chi connectivity index (χ1v) is 5.78. The molecule has 2 atom stereocenters. The summed E-state index contributed by atoms with van der Waals surface area (Å²) in [6.07, 6.45) is 6.93. The van der Waals surface area contributed by atoms with E-state index in [9.17, 15) is 0 Å². The molecule has 0 aromatic carbocycles. The molecule has 16 heavy (non-hydrogen) atoms. The Morgan fingerprint density at radius 1 is 1.44 bits per heavy atom. The van der Waals surface area contributed by atoms with E-state index < -0.39 is 0 Å². The number of nitrogens with one attached hydrogen (secondary N) is 1. The maximum atomic E-state index is 9.00. The minimum atomic E-state index is 0.233. The van der Waals surface area contributed by atoms with Crippen molar-refractivity contribution in [3.63, 3.8) is 0 Å². The lowest BCUT2D eigenvalue weighted by Crippen LogP contribution is -2.26. The van der Waals surface area contributed by atoms with Gasteiger partial charge in [-0.05, 0) is 18.1 Å². The fraction of sp³-hybridized carbons (Fsp3) is 0.417. The number of aromatic nitrogens is 1. The molecule has 86 valence electrons. The number of aliphatic hydroxyl groups is 1. The van der Waals surface area contributed by atoms with Gasteiger partial charge >= 0.3 is 0 Å². The summed E-state index contributed by atoms with van der Waals surface area (Å²) in [5, 5.41) is 12.9. The lowest BCUT2D eigenvalue weighted by atomic mass is 10.1. The van der Waals surface area contributed by atoms with Crippen molar-refractivity contribution in [1.29, 1.82) is 0 Å². The van der Waals surface area contributed by atoms with Crippen LogP contribution >= 0.6 is 11.6 Å². The molecule has 2 rings (SSSR count). The van der Waals surface area contributed by atoms with Crippen LogP contribution in [0.2, 0.25) is 5.15 Å². The van der Waals surface area contributed by atoms with Crippen molar-refractivity contribution < 1.29 is 5.11 Å². The Hall–Kier alpha value is -0.900. The van der Waals surface area contributed by atoms with Gasteiger partial charge in [-0.1, -0.05) is 29.8 Å². The van der Waals surface area contributed by atoms with Crippen LogP contribution in [0.1, 0.15) is 12.0 Å². The van der Waals surface area contributed by atoms with E-state index in [-0.39, 0.29) is 6.61 Å². The number of aliphatic hydroxyl groups excluding tert-OH is 1. The second-order valence-corrected chi connectivity index (χ2v) is 4.43. The SMILES string of the molecule is OC[C@H]1C=C[C@@H](NCc2ccc(Cl)nc2)C1. The quantitative estimate of drug-likeness (QED) is 0.621. The van der Waals surface area contributed by atoms with Crippen molar-refractivity contribution >= 4 is 11.6 Å². The molecule has 0 saturated heterocycles. The zero-order chi connectivity index (χ0) is 11.4. The van der Waals surface area contributed by atoms with Gasteiger partial charge in [-0.2, -0.15) is 0 Å². The van der Waals surface area contributed by atoms with Crippen LogP contribution < -0.4 is 5.32 Å². The Kier molecular flexibility index (Phi) is 3.93. The molecule has 0 unspecified atom stereocenters. The van der Waals surface area contributed by atoms with E-state index in [0.717, 1.165) is 18.5 Å². The molecule has 1 aromatic heterocycles. The summed E-state index contributed by atoms with van der Waals surface area (Å²) in [5.41, 5.74) is 1.12. The van der Waals surface area contributed by atoms with E-state index in [4.69, 9.17) is 16.7 Å². The molecule has 0 bridgehead atoms. The number of rotatable bonds is 4. The van der Waals surface area contributed by atoms with E-state index in [1.165, 1.54) is 0 Å². The van der Waals surface area contributed by atoms with Crippen molar-refractivity contribution in [2.24, 2.45) is 5.92 Å². The summed E-state index contributed by atoms with van der Waals surface area (Å²) in [5.74, 6) is 0.306. The molecule has 0 saturated carbocycles. The number of hydrogen-bond donors (Lipinski definition) is 2. The third-order valence-corrected chi connectivity index (χ3v) is 2.99. The van der Waals surface area contributed by atoms with Crippen LogP contribution in [-0.2, 0) is 6.54 Å². The summed E-state index contributed by atoms with van der Waals surface area (Å²) < 4.78 is 0. The largest absolute Gasteiger partial charge is 0.396 e. The monoisotopic (exact) mass is 238 g/mol. The van der Waals surface area contributed by atoms with Gasteiger partial charge in [-0.25, -0.2) is 4.98 Å². The molecule has 1 heterocycles. The Morgan fingerprint density at radius 2 is 2.31 bits per heavy atom. The Labute approximate surface area is 100 Å². The second kappa shape index (κ2) is 5.43. The van der Waals surface area contributed by atoms with Crippen molar-refractivity contribution in [1.82, 2.24) is 10.3 Å². The van der Waals surface area contributed by atoms with E-state index in [0.29, 0.717) is 17.1 Å². The zero-order valence-corrected chi connectivity index (χ0v) is 9.69. The van der Waals surface area contributed by atoms with Crippen molar-refractivity contribution in [2.75, 3.05) is 6.61 Å². The van der Waals surface area contributed by atoms with E-state index in [1.54, 1.807) is 12.3 Å². The standard InChI is InChI=1S/C12H15ClN2O/c13-12-4-2-10(7-15-12)6-14-11-3-1-9(5-11)8-16/h1-4,7,9,11,14,16H,5-6,8H2/t9-,11+/m0/s1. The van der Waals surface area contributed by atoms with Crippen LogP contribution in [0.15, 0.2) is 30.5 Å². The predicted molar refractivity (Wildman–Crippen MR) is 64.2 cm³/mol. The number of pyridine rings is 1. The Morgan fingerprint density at radius 3 is 2.94 bits per heavy atom. The predicted octanol–water partition coefficient (Wildman–Crippen LogP) is 1.76. The minimum Gasteiger partial charge on any atom is -0.396 e. The van der Waals surface area contributed by atoms with Crippen LogP contribution in [0.4, 0.5) is 0 Å². The third-order valence-electron chi connectivity index (χ3n) is 2.76. The van der Waals surface area contributed by atoms with Crippen LogP contribution in [0, 0.1) is 5.92 Å². The summed E-state index contributed by atoms with van der Waals surface area (Å²) >= 11 is 5.71. The van der Waals surface area contributed by atoms with Crippen LogP contribution in [-0.4, -0.2) is 22.7 Å². The fourth-order valence-corrected chi connectivity index (χ4v) is 1.93. The highest BCUT2D eigenvalue weighted by atomic mass is 35.5. The van der Waals surface area contributed by atoms with Gasteiger partial charge in [0.05, 0.1) is 0 Å². The van der Waals surface area contributed by atoms with E-state index >= 15 is 0 Å². The van der Waals surface area contributed by atoms with Gasteiger partial charge in [-0.3, -0.25) is 0 Å². The highest BCUT2D eigenvalue weighted by Gasteiger charge is 2.17. The smallest absolute Gasteiger partial charge is 0.129 e. The van der Waals surface area contributed by atoms with Gasteiger partial charge in [0.15, 0.2) is 0 Å². The molecule has 3 nitrogen and oxygen atoms in total. The first-order valence-electron chi connectivity index (χ1n) is 5.41. The Balaban J connectivity index is 1.80. The molecule has 1 aliphatic carbocycles. The highest BCUT2D eigenvalue weighted by molar-refractivity contribution is 6.29. The summed E-state index contributed by atoms with van der Waals surface area (Å²) in [4.78, 5) is 4.02. The average molecular weight is 239 g/mol. The van der Waals surface area contributed by atoms with Crippen molar-refractivity contribution in [2.45, 2.75) is 19.0 Å². The van der Waals surface area contributed by atoms with Gasteiger partial charge < -0.3 is 10.4 Å². The van der Waals surface area contributed by atoms with E-state index in [2.05, 4.69) is 22.5 Å². The molecular formula is C12H15ClN2O. The molecule has 1 aromatic rings. The molecule has 0 fully saturated rings. The fourth-order valence-electron chi connectivity index (χ4n) is 1.82. The zero-order valence-electron chi connectivity index (χ0n) is 8.94. The van der Waals surface area contributed by atoms with Gasteiger partial charge in [-0.15, -0.1) is 0 Å². The Bertz CT molecular complexity index is 364. The average Bonchev–Trinajstić information content (AvgIpc) is 2.76. The summed E-state index contributed by atoms with van der Waals surface area (Å²) in [7, 11) is 0. The van der Waals surface area contributed by atoms with Crippen LogP contribution in [0.5, 0.6) is 0 Å². The second-order valence-electron chi connectivity index (χ2n) is 4.04. The van der Waals surface area contributed by atoms with E-state index in [1.807, 2.05) is 6.07 Å².